The summed E-state index contributed by atoms with van der Waals surface area (Å²) in [5, 5.41) is 8.51. The van der Waals surface area contributed by atoms with Gasteiger partial charge in [-0.1, -0.05) is 18.2 Å². The van der Waals surface area contributed by atoms with Crippen LogP contribution in [0.15, 0.2) is 54.6 Å². The average molecular weight is 273 g/mol. The lowest BCUT2D eigenvalue weighted by Crippen LogP contribution is -2.09. The number of amides is 1. The van der Waals surface area contributed by atoms with E-state index < -0.39 is 5.97 Å². The Morgan fingerprint density at radius 3 is 1.85 bits per heavy atom. The van der Waals surface area contributed by atoms with Crippen LogP contribution < -0.4 is 10.5 Å². The molecular weight excluding hydrogens is 258 g/mol. The summed E-state index contributed by atoms with van der Waals surface area (Å²) in [4.78, 5) is 20.8. The maximum absolute atomic E-state index is 10.4. The first kappa shape index (κ1) is 15.2. The molecule has 0 atom stereocenters. The number of carbonyl (C=O) groups is 2. The molecular formula is C15H15NO4. The number of methoxy groups -OCH3 is 1. The van der Waals surface area contributed by atoms with Gasteiger partial charge in [-0.15, -0.1) is 0 Å². The van der Waals surface area contributed by atoms with Gasteiger partial charge in [0.1, 0.15) is 5.75 Å². The molecule has 0 fully saturated rings. The maximum Gasteiger partial charge on any atom is 0.335 e. The van der Waals surface area contributed by atoms with Gasteiger partial charge in [-0.3, -0.25) is 4.79 Å². The van der Waals surface area contributed by atoms with Crippen LogP contribution in [0.5, 0.6) is 5.75 Å². The fourth-order valence-electron chi connectivity index (χ4n) is 1.34. The standard InChI is InChI=1S/C8H8O3.C7H7NO/c1-11-7-4-2-6(3-5-7)8(9)10;8-7(9)6-4-2-1-3-5-6/h2-5H,1H3,(H,9,10);1-5H,(H2,8,9). The molecule has 0 spiro atoms. The Kier molecular flexibility index (Phi) is 5.77. The van der Waals surface area contributed by atoms with Crippen LogP contribution in [0.2, 0.25) is 0 Å². The van der Waals surface area contributed by atoms with Gasteiger partial charge in [0.15, 0.2) is 0 Å². The predicted molar refractivity (Wildman–Crippen MR) is 74.9 cm³/mol. The van der Waals surface area contributed by atoms with Crippen molar-refractivity contribution in [1.29, 1.82) is 0 Å². The first-order valence-corrected chi connectivity index (χ1v) is 5.76. The van der Waals surface area contributed by atoms with Crippen LogP contribution in [0.3, 0.4) is 0 Å². The smallest absolute Gasteiger partial charge is 0.335 e. The molecule has 1 amide bonds. The Labute approximate surface area is 116 Å². The maximum atomic E-state index is 10.4. The van der Waals surface area contributed by atoms with E-state index in [9.17, 15) is 9.59 Å². The zero-order valence-electron chi connectivity index (χ0n) is 10.9. The molecule has 20 heavy (non-hydrogen) atoms. The highest BCUT2D eigenvalue weighted by Crippen LogP contribution is 2.10. The third kappa shape index (κ3) is 4.81. The minimum absolute atomic E-state index is 0.269. The number of aromatic carboxylic acids is 1. The van der Waals surface area contributed by atoms with Crippen molar-refractivity contribution in [2.45, 2.75) is 0 Å². The van der Waals surface area contributed by atoms with Gasteiger partial charge in [-0.05, 0) is 36.4 Å². The summed E-state index contributed by atoms with van der Waals surface area (Å²) in [7, 11) is 1.54. The first-order valence-electron chi connectivity index (χ1n) is 5.76. The molecule has 2 rings (SSSR count). The van der Waals surface area contributed by atoms with Crippen molar-refractivity contribution in [1.82, 2.24) is 0 Å². The van der Waals surface area contributed by atoms with Gasteiger partial charge in [0.25, 0.3) is 0 Å². The normalized spacial score (nSPS) is 9.05. The van der Waals surface area contributed by atoms with E-state index in [2.05, 4.69) is 0 Å². The molecule has 5 heteroatoms. The molecule has 0 aliphatic heterocycles. The Morgan fingerprint density at radius 1 is 0.950 bits per heavy atom. The van der Waals surface area contributed by atoms with Gasteiger partial charge in [-0.25, -0.2) is 4.79 Å². The SMILES string of the molecule is COc1ccc(C(=O)O)cc1.NC(=O)c1ccccc1. The number of ether oxygens (including phenoxy) is 1. The quantitative estimate of drug-likeness (QED) is 0.896. The van der Waals surface area contributed by atoms with Gasteiger partial charge in [0.2, 0.25) is 5.91 Å². The van der Waals surface area contributed by atoms with E-state index in [0.717, 1.165) is 0 Å². The summed E-state index contributed by atoms with van der Waals surface area (Å²) in [6, 6.07) is 15.0. The summed E-state index contributed by atoms with van der Waals surface area (Å²) < 4.78 is 4.86. The van der Waals surface area contributed by atoms with Crippen LogP contribution in [0, 0.1) is 0 Å². The predicted octanol–water partition coefficient (Wildman–Crippen LogP) is 2.18. The number of rotatable bonds is 3. The van der Waals surface area contributed by atoms with Gasteiger partial charge in [-0.2, -0.15) is 0 Å². The van der Waals surface area contributed by atoms with Gasteiger partial charge in [0, 0.05) is 5.56 Å². The van der Waals surface area contributed by atoms with Crippen molar-refractivity contribution in [3.63, 3.8) is 0 Å². The van der Waals surface area contributed by atoms with E-state index in [1.165, 1.54) is 19.2 Å². The highest BCUT2D eigenvalue weighted by Gasteiger charge is 2.00. The lowest BCUT2D eigenvalue weighted by atomic mass is 10.2. The minimum atomic E-state index is -0.923. The second-order valence-electron chi connectivity index (χ2n) is 3.76. The summed E-state index contributed by atoms with van der Waals surface area (Å²) in [5.74, 6) is -0.641. The third-order valence-electron chi connectivity index (χ3n) is 2.40. The lowest BCUT2D eigenvalue weighted by molar-refractivity contribution is 0.0696. The van der Waals surface area contributed by atoms with Crippen LogP contribution in [0.25, 0.3) is 0 Å². The number of carbonyl (C=O) groups excluding carboxylic acids is 1. The van der Waals surface area contributed by atoms with Gasteiger partial charge >= 0.3 is 5.97 Å². The van der Waals surface area contributed by atoms with Gasteiger partial charge < -0.3 is 15.6 Å². The largest absolute Gasteiger partial charge is 0.497 e. The molecule has 0 saturated carbocycles. The number of hydrogen-bond acceptors (Lipinski definition) is 3. The van der Waals surface area contributed by atoms with Crippen LogP contribution >= 0.6 is 0 Å². The molecule has 0 radical (unpaired) electrons. The zero-order valence-corrected chi connectivity index (χ0v) is 10.9. The second-order valence-corrected chi connectivity index (χ2v) is 3.76. The Hall–Kier alpha value is -2.82. The number of carboxylic acid groups (broad SMARTS) is 1. The number of primary amides is 1. The van der Waals surface area contributed by atoms with E-state index in [1.807, 2.05) is 6.07 Å². The summed E-state index contributed by atoms with van der Waals surface area (Å²) in [6.07, 6.45) is 0. The molecule has 0 aliphatic carbocycles. The van der Waals surface area contributed by atoms with Crippen molar-refractivity contribution in [3.8, 4) is 5.75 Å². The van der Waals surface area contributed by atoms with E-state index in [1.54, 1.807) is 36.4 Å². The molecule has 2 aromatic carbocycles. The van der Waals surface area contributed by atoms with Crippen LogP contribution in [0.4, 0.5) is 0 Å². The van der Waals surface area contributed by atoms with E-state index in [4.69, 9.17) is 15.6 Å². The summed E-state index contributed by atoms with van der Waals surface area (Å²) >= 11 is 0. The molecule has 0 bridgehead atoms. The molecule has 0 unspecified atom stereocenters. The van der Waals surface area contributed by atoms with E-state index in [-0.39, 0.29) is 11.5 Å². The van der Waals surface area contributed by atoms with Crippen molar-refractivity contribution in [3.05, 3.63) is 65.7 Å². The van der Waals surface area contributed by atoms with Crippen LogP contribution in [-0.2, 0) is 0 Å². The molecule has 2 aromatic rings. The molecule has 5 nitrogen and oxygen atoms in total. The van der Waals surface area contributed by atoms with E-state index in [0.29, 0.717) is 11.3 Å². The first-order chi connectivity index (χ1) is 9.54. The Morgan fingerprint density at radius 2 is 1.50 bits per heavy atom. The fraction of sp³-hybridized carbons (Fsp3) is 0.0667. The van der Waals surface area contributed by atoms with Crippen molar-refractivity contribution >= 4 is 11.9 Å². The molecule has 0 heterocycles. The third-order valence-corrected chi connectivity index (χ3v) is 2.40. The minimum Gasteiger partial charge on any atom is -0.497 e. The lowest BCUT2D eigenvalue weighted by Gasteiger charge is -1.98. The molecule has 0 aromatic heterocycles. The number of carboxylic acids is 1. The molecule has 3 N–H and O–H groups in total. The number of hydrogen-bond donors (Lipinski definition) is 2. The number of nitrogens with two attached hydrogens (primary N) is 1. The monoisotopic (exact) mass is 273 g/mol. The van der Waals surface area contributed by atoms with Crippen molar-refractivity contribution in [2.24, 2.45) is 5.73 Å². The summed E-state index contributed by atoms with van der Waals surface area (Å²) in [5.41, 5.74) is 5.80. The summed E-state index contributed by atoms with van der Waals surface area (Å²) in [6.45, 7) is 0. The van der Waals surface area contributed by atoms with Crippen LogP contribution in [-0.4, -0.2) is 24.1 Å². The molecule has 104 valence electrons. The van der Waals surface area contributed by atoms with Crippen LogP contribution in [0.1, 0.15) is 20.7 Å². The Bertz CT molecular complexity index is 564. The average Bonchev–Trinajstić information content (AvgIpc) is 2.49. The topological polar surface area (TPSA) is 89.6 Å². The zero-order chi connectivity index (χ0) is 15.0. The highest BCUT2D eigenvalue weighted by atomic mass is 16.5. The Balaban J connectivity index is 0.000000204. The molecule has 0 aliphatic rings. The van der Waals surface area contributed by atoms with Crippen molar-refractivity contribution in [2.75, 3.05) is 7.11 Å². The number of benzene rings is 2. The highest BCUT2D eigenvalue weighted by molar-refractivity contribution is 5.92. The van der Waals surface area contributed by atoms with Gasteiger partial charge in [0.05, 0.1) is 12.7 Å². The van der Waals surface area contributed by atoms with E-state index >= 15 is 0 Å². The fourth-order valence-corrected chi connectivity index (χ4v) is 1.34. The van der Waals surface area contributed by atoms with Crippen molar-refractivity contribution < 1.29 is 19.4 Å². The molecule has 0 saturated heterocycles. The second kappa shape index (κ2) is 7.58.